The molecule has 10 nitrogen and oxygen atoms in total. The number of halogens is 1. The number of hydrogen-bond donors (Lipinski definition) is 3. The largest absolute Gasteiger partial charge is 0.480 e. The number of nitrogens with one attached hydrogen (secondary N) is 2. The zero-order valence-corrected chi connectivity index (χ0v) is 20.2. The second-order valence-corrected chi connectivity index (χ2v) is 8.91. The first-order valence-corrected chi connectivity index (χ1v) is 11.2. The summed E-state index contributed by atoms with van der Waals surface area (Å²) in [6.45, 7) is 4.18. The fraction of sp³-hybridized carbons (Fsp3) is 0.292. The Hall–Kier alpha value is -3.94. The molecule has 0 amide bonds. The van der Waals surface area contributed by atoms with E-state index in [0.717, 1.165) is 16.8 Å². The Labute approximate surface area is 207 Å². The van der Waals surface area contributed by atoms with Crippen LogP contribution in [0.4, 0.5) is 17.3 Å². The second-order valence-electron chi connectivity index (χ2n) is 8.47. The lowest BCUT2D eigenvalue weighted by Gasteiger charge is -2.24. The molecule has 11 heteroatoms. The SMILES string of the molecule is COc1ncc(Cl)cc1Nc1nccc(-c2cc(C#N)c3c(c2)[C@](C)(COC(=O)C(C)N)CN3)n1. The number of carbonyl (C=O) groups excluding carboxylic acids is 1. The van der Waals surface area contributed by atoms with Crippen LogP contribution < -0.4 is 21.1 Å². The van der Waals surface area contributed by atoms with Crippen molar-refractivity contribution in [1.29, 1.82) is 5.26 Å². The van der Waals surface area contributed by atoms with E-state index in [-0.39, 0.29) is 6.61 Å². The van der Waals surface area contributed by atoms with Crippen LogP contribution in [0.1, 0.15) is 25.0 Å². The van der Waals surface area contributed by atoms with Crippen LogP contribution in [0.25, 0.3) is 11.3 Å². The number of nitriles is 1. The van der Waals surface area contributed by atoms with Gasteiger partial charge in [0.15, 0.2) is 0 Å². The lowest BCUT2D eigenvalue weighted by molar-refractivity contribution is -0.146. The number of nitrogens with zero attached hydrogens (tertiary/aromatic N) is 4. The van der Waals surface area contributed by atoms with Gasteiger partial charge in [0, 0.05) is 29.9 Å². The van der Waals surface area contributed by atoms with E-state index in [1.54, 1.807) is 31.3 Å². The molecular weight excluding hydrogens is 470 g/mol. The normalized spacial score (nSPS) is 17.0. The van der Waals surface area contributed by atoms with E-state index in [1.807, 2.05) is 13.0 Å². The molecule has 0 spiro atoms. The number of hydrogen-bond acceptors (Lipinski definition) is 10. The molecular formula is C24H24ClN7O3. The standard InChI is InChI=1S/C24H24ClN7O3/c1-13(27)22(33)35-12-24(2)11-30-20-15(9-26)6-14(7-17(20)24)18-4-5-28-23(31-18)32-19-8-16(25)10-29-21(19)34-3/h4-8,10,13,30H,11-12,27H2,1-3H3,(H,28,31,32)/t13?,24-/m0/s1. The summed E-state index contributed by atoms with van der Waals surface area (Å²) in [6.07, 6.45) is 3.09. The van der Waals surface area contributed by atoms with Crippen LogP contribution >= 0.6 is 11.6 Å². The third kappa shape index (κ3) is 4.96. The predicted octanol–water partition coefficient (Wildman–Crippen LogP) is 3.39. The maximum atomic E-state index is 12.0. The number of anilines is 3. The molecule has 0 radical (unpaired) electrons. The molecule has 0 bridgehead atoms. The van der Waals surface area contributed by atoms with Crippen molar-refractivity contribution in [1.82, 2.24) is 15.0 Å². The summed E-state index contributed by atoms with van der Waals surface area (Å²) in [6, 6.07) is 8.65. The third-order valence-electron chi connectivity index (χ3n) is 5.68. The molecule has 0 fully saturated rings. The Morgan fingerprint density at radius 2 is 2.20 bits per heavy atom. The average Bonchev–Trinajstić information content (AvgIpc) is 3.19. The van der Waals surface area contributed by atoms with Gasteiger partial charge in [-0.1, -0.05) is 18.5 Å². The molecule has 1 aliphatic rings. The van der Waals surface area contributed by atoms with Gasteiger partial charge in [0.05, 0.1) is 29.1 Å². The zero-order chi connectivity index (χ0) is 25.2. The molecule has 2 aromatic heterocycles. The molecule has 1 aromatic carbocycles. The van der Waals surface area contributed by atoms with E-state index in [4.69, 9.17) is 26.8 Å². The summed E-state index contributed by atoms with van der Waals surface area (Å²) < 4.78 is 10.7. The van der Waals surface area contributed by atoms with Crippen LogP contribution in [0.2, 0.25) is 5.02 Å². The van der Waals surface area contributed by atoms with Crippen molar-refractivity contribution in [3.63, 3.8) is 0 Å². The Bertz CT molecular complexity index is 1320. The van der Waals surface area contributed by atoms with Crippen LogP contribution in [0, 0.1) is 11.3 Å². The number of fused-ring (bicyclic) bond motifs is 1. The fourth-order valence-electron chi connectivity index (χ4n) is 3.79. The van der Waals surface area contributed by atoms with Crippen LogP contribution in [0.15, 0.2) is 36.7 Å². The van der Waals surface area contributed by atoms with Crippen LogP contribution in [-0.4, -0.2) is 47.2 Å². The molecule has 0 saturated carbocycles. The van der Waals surface area contributed by atoms with E-state index >= 15 is 0 Å². The van der Waals surface area contributed by atoms with Crippen LogP contribution in [0.5, 0.6) is 5.88 Å². The van der Waals surface area contributed by atoms with Crippen LogP contribution in [-0.2, 0) is 14.9 Å². The summed E-state index contributed by atoms with van der Waals surface area (Å²) in [7, 11) is 1.50. The van der Waals surface area contributed by atoms with E-state index in [9.17, 15) is 10.1 Å². The monoisotopic (exact) mass is 493 g/mol. The van der Waals surface area contributed by atoms with Crippen molar-refractivity contribution in [3.8, 4) is 23.2 Å². The van der Waals surface area contributed by atoms with Crippen molar-refractivity contribution in [3.05, 3.63) is 52.8 Å². The summed E-state index contributed by atoms with van der Waals surface area (Å²) in [5.41, 5.74) is 8.95. The summed E-state index contributed by atoms with van der Waals surface area (Å²) in [5, 5.41) is 16.6. The minimum Gasteiger partial charge on any atom is -0.480 e. The van der Waals surface area contributed by atoms with E-state index < -0.39 is 17.4 Å². The zero-order valence-electron chi connectivity index (χ0n) is 19.4. The Kier molecular flexibility index (Phi) is 6.73. The van der Waals surface area contributed by atoms with Crippen molar-refractivity contribution in [2.24, 2.45) is 5.73 Å². The first-order valence-electron chi connectivity index (χ1n) is 10.8. The molecule has 180 valence electrons. The minimum absolute atomic E-state index is 0.125. The number of carbonyl (C=O) groups is 1. The van der Waals surface area contributed by atoms with Gasteiger partial charge >= 0.3 is 5.97 Å². The molecule has 4 N–H and O–H groups in total. The van der Waals surface area contributed by atoms with E-state index in [0.29, 0.717) is 40.3 Å². The summed E-state index contributed by atoms with van der Waals surface area (Å²) in [5.74, 6) is 0.167. The summed E-state index contributed by atoms with van der Waals surface area (Å²) >= 11 is 6.07. The predicted molar refractivity (Wildman–Crippen MR) is 132 cm³/mol. The number of aromatic nitrogens is 3. The highest BCUT2D eigenvalue weighted by molar-refractivity contribution is 6.30. The number of ether oxygens (including phenoxy) is 2. The second kappa shape index (κ2) is 9.74. The average molecular weight is 494 g/mol. The molecule has 1 unspecified atom stereocenters. The van der Waals surface area contributed by atoms with E-state index in [1.165, 1.54) is 13.3 Å². The minimum atomic E-state index is -0.714. The van der Waals surface area contributed by atoms with Gasteiger partial charge in [-0.2, -0.15) is 5.26 Å². The molecule has 2 atom stereocenters. The number of pyridine rings is 1. The van der Waals surface area contributed by atoms with Gasteiger partial charge in [0.1, 0.15) is 24.4 Å². The maximum Gasteiger partial charge on any atom is 0.322 e. The van der Waals surface area contributed by atoms with Gasteiger partial charge in [-0.15, -0.1) is 0 Å². The first kappa shape index (κ1) is 24.2. The fourth-order valence-corrected chi connectivity index (χ4v) is 3.95. The Morgan fingerprint density at radius 3 is 2.91 bits per heavy atom. The number of methoxy groups -OCH3 is 1. The summed E-state index contributed by atoms with van der Waals surface area (Å²) in [4.78, 5) is 25.0. The maximum absolute atomic E-state index is 12.0. The van der Waals surface area contributed by atoms with Crippen molar-refractivity contribution in [2.45, 2.75) is 25.3 Å². The lowest BCUT2D eigenvalue weighted by Crippen LogP contribution is -2.36. The molecule has 0 aliphatic carbocycles. The number of nitrogens with two attached hydrogens (primary N) is 1. The van der Waals surface area contributed by atoms with Gasteiger partial charge in [-0.25, -0.2) is 15.0 Å². The lowest BCUT2D eigenvalue weighted by atomic mass is 9.83. The highest BCUT2D eigenvalue weighted by atomic mass is 35.5. The molecule has 3 heterocycles. The Balaban J connectivity index is 1.69. The van der Waals surface area contributed by atoms with Crippen molar-refractivity contribution >= 4 is 34.9 Å². The van der Waals surface area contributed by atoms with E-state index in [2.05, 4.69) is 31.7 Å². The highest BCUT2D eigenvalue weighted by Gasteiger charge is 2.38. The van der Waals surface area contributed by atoms with Gasteiger partial charge in [-0.05, 0) is 36.8 Å². The molecule has 4 rings (SSSR count). The Morgan fingerprint density at radius 1 is 1.40 bits per heavy atom. The van der Waals surface area contributed by atoms with Crippen molar-refractivity contribution in [2.75, 3.05) is 30.9 Å². The molecule has 0 saturated heterocycles. The number of esters is 1. The van der Waals surface area contributed by atoms with Gasteiger partial charge in [-0.3, -0.25) is 4.79 Å². The molecule has 1 aliphatic heterocycles. The number of rotatable bonds is 7. The van der Waals surface area contributed by atoms with Crippen LogP contribution in [0.3, 0.4) is 0 Å². The number of benzene rings is 1. The smallest absolute Gasteiger partial charge is 0.322 e. The molecule has 35 heavy (non-hydrogen) atoms. The topological polar surface area (TPSA) is 148 Å². The van der Waals surface area contributed by atoms with Gasteiger partial charge in [0.2, 0.25) is 11.8 Å². The third-order valence-corrected chi connectivity index (χ3v) is 5.88. The molecule has 3 aromatic rings. The quantitative estimate of drug-likeness (QED) is 0.418. The highest BCUT2D eigenvalue weighted by Crippen LogP contribution is 2.41. The van der Waals surface area contributed by atoms with Gasteiger partial charge < -0.3 is 25.8 Å². The van der Waals surface area contributed by atoms with Gasteiger partial charge in [0.25, 0.3) is 0 Å². The first-order chi connectivity index (χ1) is 16.7. The van der Waals surface area contributed by atoms with Crippen molar-refractivity contribution < 1.29 is 14.3 Å².